The van der Waals surface area contributed by atoms with Gasteiger partial charge in [0.2, 0.25) is 10.0 Å². The van der Waals surface area contributed by atoms with Gasteiger partial charge in [0.25, 0.3) is 0 Å². The monoisotopic (exact) mass is 378 g/mol. The topological polar surface area (TPSA) is 81.4 Å². The lowest BCUT2D eigenvalue weighted by Gasteiger charge is -2.08. The van der Waals surface area contributed by atoms with Gasteiger partial charge in [-0.3, -0.25) is 4.72 Å². The average molecular weight is 378 g/mol. The molecule has 0 amide bonds. The molecule has 0 saturated carbocycles. The van der Waals surface area contributed by atoms with Gasteiger partial charge in [0, 0.05) is 5.38 Å². The number of furan rings is 1. The molecule has 2 heterocycles. The second-order valence-corrected chi connectivity index (χ2v) is 7.98. The Bertz CT molecular complexity index is 901. The molecule has 0 radical (unpaired) electrons. The Morgan fingerprint density at radius 1 is 1.24 bits per heavy atom. The summed E-state index contributed by atoms with van der Waals surface area (Å²) in [6.45, 7) is 2.14. The van der Waals surface area contributed by atoms with Crippen LogP contribution in [0.25, 0.3) is 11.5 Å². The first-order chi connectivity index (χ1) is 12.1. The van der Waals surface area contributed by atoms with Gasteiger partial charge in [0.15, 0.2) is 10.9 Å². The van der Waals surface area contributed by atoms with Crippen LogP contribution in [0.15, 0.2) is 52.5 Å². The number of sulfonamides is 1. The molecule has 0 spiro atoms. The summed E-state index contributed by atoms with van der Waals surface area (Å²) in [6, 6.07) is 11.1. The second-order valence-electron chi connectivity index (χ2n) is 5.28. The maximum Gasteiger partial charge on any atom is 0.237 e. The van der Waals surface area contributed by atoms with E-state index in [0.717, 1.165) is 6.42 Å². The van der Waals surface area contributed by atoms with Gasteiger partial charge in [0.1, 0.15) is 23.8 Å². The first-order valence-electron chi connectivity index (χ1n) is 7.77. The van der Waals surface area contributed by atoms with Crippen LogP contribution in [0.3, 0.4) is 0 Å². The number of aryl methyl sites for hydroxylation is 1. The van der Waals surface area contributed by atoms with Crippen LogP contribution in [0.5, 0.6) is 5.75 Å². The smallest absolute Gasteiger partial charge is 0.237 e. The van der Waals surface area contributed by atoms with Crippen LogP contribution < -0.4 is 9.46 Å². The number of hydrogen-bond acceptors (Lipinski definition) is 6. The Kier molecular flexibility index (Phi) is 5.40. The second kappa shape index (κ2) is 7.71. The highest BCUT2D eigenvalue weighted by Crippen LogP contribution is 2.25. The van der Waals surface area contributed by atoms with Crippen molar-refractivity contribution in [2.24, 2.45) is 0 Å². The number of rotatable bonds is 8. The molecular weight excluding hydrogens is 360 g/mol. The number of anilines is 1. The highest BCUT2D eigenvalue weighted by molar-refractivity contribution is 7.92. The summed E-state index contributed by atoms with van der Waals surface area (Å²) < 4.78 is 37.5. The summed E-state index contributed by atoms with van der Waals surface area (Å²) in [6.07, 6.45) is 2.50. The number of thiazole rings is 1. The van der Waals surface area contributed by atoms with Crippen molar-refractivity contribution in [1.29, 1.82) is 0 Å². The third-order valence-corrected chi connectivity index (χ3v) is 5.57. The number of hydrogen-bond donors (Lipinski definition) is 1. The summed E-state index contributed by atoms with van der Waals surface area (Å²) in [5.41, 5.74) is 1.80. The van der Waals surface area contributed by atoms with Crippen LogP contribution >= 0.6 is 11.3 Å². The molecule has 6 nitrogen and oxygen atoms in total. The maximum atomic E-state index is 12.1. The minimum atomic E-state index is -3.53. The molecule has 0 aliphatic carbocycles. The fourth-order valence-electron chi connectivity index (χ4n) is 2.13. The fraction of sp³-hybridized carbons (Fsp3) is 0.235. The van der Waals surface area contributed by atoms with Crippen LogP contribution in [-0.2, 0) is 16.4 Å². The van der Waals surface area contributed by atoms with E-state index in [4.69, 9.17) is 9.15 Å². The lowest BCUT2D eigenvalue weighted by molar-refractivity contribution is 0.341. The van der Waals surface area contributed by atoms with Gasteiger partial charge in [0.05, 0.1) is 6.26 Å². The number of nitrogens with zero attached hydrogens (tertiary/aromatic N) is 1. The molecule has 1 aromatic carbocycles. The largest absolute Gasteiger partial charge is 0.492 e. The van der Waals surface area contributed by atoms with Crippen molar-refractivity contribution in [1.82, 2.24) is 4.98 Å². The predicted octanol–water partition coefficient (Wildman–Crippen LogP) is 3.79. The molecule has 3 aromatic rings. The minimum absolute atomic E-state index is 0.0667. The Morgan fingerprint density at radius 2 is 2.04 bits per heavy atom. The number of nitrogens with one attached hydrogen (secondary N) is 1. The van der Waals surface area contributed by atoms with E-state index in [1.165, 1.54) is 16.9 Å². The zero-order valence-corrected chi connectivity index (χ0v) is 15.3. The summed E-state index contributed by atoms with van der Waals surface area (Å²) in [7, 11) is -3.53. The van der Waals surface area contributed by atoms with Crippen molar-refractivity contribution in [3.8, 4) is 17.2 Å². The van der Waals surface area contributed by atoms with E-state index in [2.05, 4.69) is 16.6 Å². The van der Waals surface area contributed by atoms with E-state index in [1.807, 2.05) is 24.3 Å². The molecule has 0 bridgehead atoms. The average Bonchev–Trinajstić information content (AvgIpc) is 3.26. The molecule has 0 atom stereocenters. The van der Waals surface area contributed by atoms with Crippen LogP contribution in [0.1, 0.15) is 12.5 Å². The van der Waals surface area contributed by atoms with Crippen LogP contribution in [0, 0.1) is 0 Å². The van der Waals surface area contributed by atoms with Gasteiger partial charge in [-0.15, -0.1) is 11.3 Å². The Hall–Kier alpha value is -2.32. The first kappa shape index (κ1) is 17.5. The molecular formula is C17H18N2O4S2. The molecule has 0 aliphatic heterocycles. The van der Waals surface area contributed by atoms with E-state index in [0.29, 0.717) is 22.3 Å². The number of benzene rings is 1. The zero-order chi connectivity index (χ0) is 17.7. The van der Waals surface area contributed by atoms with E-state index in [9.17, 15) is 8.42 Å². The van der Waals surface area contributed by atoms with Crippen molar-refractivity contribution in [2.45, 2.75) is 13.3 Å². The summed E-state index contributed by atoms with van der Waals surface area (Å²) >= 11 is 1.21. The lowest BCUT2D eigenvalue weighted by Crippen LogP contribution is -2.21. The first-order valence-corrected chi connectivity index (χ1v) is 10.3. The Labute approximate surface area is 150 Å². The third kappa shape index (κ3) is 4.83. The molecule has 0 saturated heterocycles. The quantitative estimate of drug-likeness (QED) is 0.645. The van der Waals surface area contributed by atoms with Crippen molar-refractivity contribution >= 4 is 26.5 Å². The molecule has 0 aliphatic rings. The minimum Gasteiger partial charge on any atom is -0.492 e. The van der Waals surface area contributed by atoms with Crippen molar-refractivity contribution in [3.63, 3.8) is 0 Å². The number of ether oxygens (including phenoxy) is 1. The zero-order valence-electron chi connectivity index (χ0n) is 13.6. The van der Waals surface area contributed by atoms with Crippen molar-refractivity contribution in [3.05, 3.63) is 53.6 Å². The van der Waals surface area contributed by atoms with Crippen LogP contribution in [0.2, 0.25) is 0 Å². The molecule has 2 aromatic heterocycles. The highest BCUT2D eigenvalue weighted by atomic mass is 32.2. The van der Waals surface area contributed by atoms with Gasteiger partial charge in [-0.1, -0.05) is 19.1 Å². The maximum absolute atomic E-state index is 12.1. The summed E-state index contributed by atoms with van der Waals surface area (Å²) in [5.74, 6) is 1.10. The van der Waals surface area contributed by atoms with Gasteiger partial charge < -0.3 is 9.15 Å². The van der Waals surface area contributed by atoms with Crippen molar-refractivity contribution in [2.75, 3.05) is 17.1 Å². The van der Waals surface area contributed by atoms with E-state index >= 15 is 0 Å². The van der Waals surface area contributed by atoms with Crippen LogP contribution in [-0.4, -0.2) is 25.8 Å². The third-order valence-electron chi connectivity index (χ3n) is 3.47. The molecule has 0 fully saturated rings. The Morgan fingerprint density at radius 3 is 2.72 bits per heavy atom. The van der Waals surface area contributed by atoms with Crippen molar-refractivity contribution < 1.29 is 17.6 Å². The normalized spacial score (nSPS) is 11.4. The SMILES string of the molecule is CCc1ccc(OCCS(=O)(=O)Nc2nc(-c3ccco3)cs2)cc1. The summed E-state index contributed by atoms with van der Waals surface area (Å²) in [4.78, 5) is 4.22. The standard InChI is InChI=1S/C17H18N2O4S2/c1-2-13-5-7-14(8-6-13)22-10-11-25(20,21)19-17-18-15(12-24-17)16-4-3-9-23-16/h3-9,12H,2,10-11H2,1H3,(H,18,19). The molecule has 132 valence electrons. The fourth-order valence-corrected chi connectivity index (χ4v) is 3.97. The highest BCUT2D eigenvalue weighted by Gasteiger charge is 2.14. The van der Waals surface area contributed by atoms with Gasteiger partial charge >= 0.3 is 0 Å². The molecule has 25 heavy (non-hydrogen) atoms. The van der Waals surface area contributed by atoms with E-state index in [1.54, 1.807) is 23.8 Å². The van der Waals surface area contributed by atoms with Crippen LogP contribution in [0.4, 0.5) is 5.13 Å². The lowest BCUT2D eigenvalue weighted by atomic mass is 10.2. The van der Waals surface area contributed by atoms with Gasteiger partial charge in [-0.2, -0.15) is 0 Å². The van der Waals surface area contributed by atoms with Gasteiger partial charge in [-0.05, 0) is 36.2 Å². The summed E-state index contributed by atoms with van der Waals surface area (Å²) in [5, 5.41) is 2.04. The molecule has 0 unspecified atom stereocenters. The van der Waals surface area contributed by atoms with E-state index < -0.39 is 10.0 Å². The molecule has 3 rings (SSSR count). The molecule has 8 heteroatoms. The van der Waals surface area contributed by atoms with Gasteiger partial charge in [-0.25, -0.2) is 13.4 Å². The molecule has 1 N–H and O–H groups in total. The number of aromatic nitrogens is 1. The predicted molar refractivity (Wildman–Crippen MR) is 98.5 cm³/mol. The Balaban J connectivity index is 1.53. The van der Waals surface area contributed by atoms with E-state index in [-0.39, 0.29) is 12.4 Å².